The number of azo groups is 1. The lowest BCUT2D eigenvalue weighted by atomic mass is 10.2. The summed E-state index contributed by atoms with van der Waals surface area (Å²) in [7, 11) is 2.10. The minimum atomic E-state index is 0.487. The van der Waals surface area contributed by atoms with Gasteiger partial charge in [-0.3, -0.25) is 9.88 Å². The van der Waals surface area contributed by atoms with Crippen molar-refractivity contribution in [2.75, 3.05) is 7.05 Å². The van der Waals surface area contributed by atoms with Crippen LogP contribution in [0.2, 0.25) is 0 Å². The van der Waals surface area contributed by atoms with Crippen LogP contribution in [-0.2, 0) is 19.6 Å². The summed E-state index contributed by atoms with van der Waals surface area (Å²) in [5.74, 6) is 0.741. The maximum Gasteiger partial charge on any atom is 0.181 e. The van der Waals surface area contributed by atoms with E-state index >= 15 is 0 Å². The first-order valence-corrected chi connectivity index (χ1v) is 7.80. The number of nitrogens with zero attached hydrogens (tertiary/aromatic N) is 5. The molecule has 0 atom stereocenters. The molecule has 0 fully saturated rings. The molecule has 4 rings (SSSR count). The van der Waals surface area contributed by atoms with Crippen molar-refractivity contribution in [3.63, 3.8) is 0 Å². The third-order valence-corrected chi connectivity index (χ3v) is 3.99. The van der Waals surface area contributed by atoms with E-state index in [1.807, 2.05) is 30.3 Å². The molecule has 0 saturated heterocycles. The van der Waals surface area contributed by atoms with Gasteiger partial charge in [0, 0.05) is 18.7 Å². The summed E-state index contributed by atoms with van der Waals surface area (Å²) in [5.41, 5.74) is 5.18. The molecule has 1 aliphatic rings. The van der Waals surface area contributed by atoms with Gasteiger partial charge in [0.2, 0.25) is 0 Å². The van der Waals surface area contributed by atoms with E-state index in [0.29, 0.717) is 6.54 Å². The van der Waals surface area contributed by atoms with E-state index in [-0.39, 0.29) is 0 Å². The summed E-state index contributed by atoms with van der Waals surface area (Å²) in [6.45, 7) is 2.37. The van der Waals surface area contributed by atoms with E-state index in [4.69, 9.17) is 4.42 Å². The van der Waals surface area contributed by atoms with Crippen molar-refractivity contribution in [1.82, 2.24) is 14.9 Å². The second-order valence-electron chi connectivity index (χ2n) is 5.89. The zero-order valence-corrected chi connectivity index (χ0v) is 13.4. The van der Waals surface area contributed by atoms with Crippen LogP contribution in [0.25, 0.3) is 11.3 Å². The first kappa shape index (κ1) is 14.7. The van der Waals surface area contributed by atoms with E-state index in [9.17, 15) is 0 Å². The monoisotopic (exact) mass is 319 g/mol. The number of fused-ring (bicyclic) bond motifs is 1. The standard InChI is InChI=1S/C18H17N5O/c1-23-10-14-4-7-16(21-17(14)11-23)8-20-22-15-5-2-13(3-6-15)18-9-19-12-24-18/h2-7,9,12H,8,10-11H2,1H3. The zero-order chi connectivity index (χ0) is 16.4. The molecule has 120 valence electrons. The average molecular weight is 319 g/mol. The Morgan fingerprint density at radius 2 is 2.00 bits per heavy atom. The molecule has 2 aromatic heterocycles. The predicted molar refractivity (Wildman–Crippen MR) is 89.6 cm³/mol. The highest BCUT2D eigenvalue weighted by Crippen LogP contribution is 2.23. The molecule has 0 aliphatic carbocycles. The first-order chi connectivity index (χ1) is 11.8. The summed E-state index contributed by atoms with van der Waals surface area (Å²) in [4.78, 5) is 10.8. The highest BCUT2D eigenvalue weighted by Gasteiger charge is 2.16. The number of oxazole rings is 1. The second-order valence-corrected chi connectivity index (χ2v) is 5.89. The van der Waals surface area contributed by atoms with Crippen LogP contribution in [0.1, 0.15) is 17.0 Å². The molecule has 0 unspecified atom stereocenters. The highest BCUT2D eigenvalue weighted by atomic mass is 16.3. The van der Waals surface area contributed by atoms with E-state index in [2.05, 4.69) is 38.2 Å². The number of hydrogen-bond donors (Lipinski definition) is 0. The van der Waals surface area contributed by atoms with Gasteiger partial charge in [0.05, 0.1) is 23.3 Å². The van der Waals surface area contributed by atoms with Gasteiger partial charge in [-0.05, 0) is 42.9 Å². The minimum Gasteiger partial charge on any atom is -0.444 e. The van der Waals surface area contributed by atoms with E-state index in [0.717, 1.165) is 41.5 Å². The molecule has 6 heteroatoms. The maximum atomic E-state index is 5.27. The van der Waals surface area contributed by atoms with Crippen molar-refractivity contribution >= 4 is 5.69 Å². The molecule has 6 nitrogen and oxygen atoms in total. The van der Waals surface area contributed by atoms with Crippen molar-refractivity contribution in [2.45, 2.75) is 19.6 Å². The Hall–Kier alpha value is -2.86. The third-order valence-electron chi connectivity index (χ3n) is 3.99. The van der Waals surface area contributed by atoms with Crippen molar-refractivity contribution in [3.05, 3.63) is 65.9 Å². The summed E-state index contributed by atoms with van der Waals surface area (Å²) in [5, 5.41) is 8.52. The summed E-state index contributed by atoms with van der Waals surface area (Å²) in [6.07, 6.45) is 3.11. The van der Waals surface area contributed by atoms with Crippen molar-refractivity contribution in [2.24, 2.45) is 10.2 Å². The van der Waals surface area contributed by atoms with Crippen LogP contribution in [0.4, 0.5) is 5.69 Å². The normalized spacial score (nSPS) is 14.4. The highest BCUT2D eigenvalue weighted by molar-refractivity contribution is 5.59. The van der Waals surface area contributed by atoms with Gasteiger partial charge in [-0.1, -0.05) is 6.07 Å². The number of pyridine rings is 1. The first-order valence-electron chi connectivity index (χ1n) is 7.80. The van der Waals surface area contributed by atoms with Crippen molar-refractivity contribution in [1.29, 1.82) is 0 Å². The lowest BCUT2D eigenvalue weighted by molar-refractivity contribution is 0.351. The molecule has 1 aliphatic heterocycles. The fraction of sp³-hybridized carbons (Fsp3) is 0.222. The Morgan fingerprint density at radius 1 is 1.12 bits per heavy atom. The Balaban J connectivity index is 1.42. The molecular formula is C18H17N5O. The Kier molecular flexibility index (Phi) is 3.88. The molecule has 0 spiro atoms. The topological polar surface area (TPSA) is 66.9 Å². The van der Waals surface area contributed by atoms with Crippen molar-refractivity contribution < 1.29 is 4.42 Å². The molecule has 0 amide bonds. The van der Waals surface area contributed by atoms with Gasteiger partial charge in [0.15, 0.2) is 12.2 Å². The average Bonchev–Trinajstić information content (AvgIpc) is 3.24. The number of rotatable bonds is 4. The molecule has 1 aromatic carbocycles. The maximum absolute atomic E-state index is 5.27. The van der Waals surface area contributed by atoms with Crippen LogP contribution in [0, 0.1) is 0 Å². The Labute approximate surface area is 139 Å². The fourth-order valence-electron chi connectivity index (χ4n) is 2.79. The molecule has 3 aromatic rings. The minimum absolute atomic E-state index is 0.487. The van der Waals surface area contributed by atoms with Gasteiger partial charge in [-0.2, -0.15) is 10.2 Å². The third kappa shape index (κ3) is 3.09. The fourth-order valence-corrected chi connectivity index (χ4v) is 2.79. The van der Waals surface area contributed by atoms with Gasteiger partial charge in [-0.25, -0.2) is 4.98 Å². The van der Waals surface area contributed by atoms with Crippen LogP contribution >= 0.6 is 0 Å². The summed E-state index contributed by atoms with van der Waals surface area (Å²) < 4.78 is 5.27. The largest absolute Gasteiger partial charge is 0.444 e. The van der Waals surface area contributed by atoms with E-state index in [1.165, 1.54) is 12.0 Å². The smallest absolute Gasteiger partial charge is 0.181 e. The molecule has 0 N–H and O–H groups in total. The molecule has 24 heavy (non-hydrogen) atoms. The summed E-state index contributed by atoms with van der Waals surface area (Å²) in [6, 6.07) is 11.9. The molecule has 3 heterocycles. The predicted octanol–water partition coefficient (Wildman–Crippen LogP) is 3.97. The molecular weight excluding hydrogens is 302 g/mol. The van der Waals surface area contributed by atoms with Gasteiger partial charge < -0.3 is 4.42 Å². The molecule has 0 saturated carbocycles. The van der Waals surface area contributed by atoms with Crippen LogP contribution in [0.5, 0.6) is 0 Å². The Morgan fingerprint density at radius 3 is 2.79 bits per heavy atom. The van der Waals surface area contributed by atoms with E-state index in [1.54, 1.807) is 6.20 Å². The van der Waals surface area contributed by atoms with Gasteiger partial charge in [0.1, 0.15) is 6.54 Å². The quantitative estimate of drug-likeness (QED) is 0.683. The number of benzene rings is 1. The SMILES string of the molecule is CN1Cc2ccc(CN=Nc3ccc(-c4cnco4)cc3)nc2C1. The molecule has 0 radical (unpaired) electrons. The number of hydrogen-bond acceptors (Lipinski definition) is 6. The lowest BCUT2D eigenvalue weighted by Crippen LogP contribution is -2.07. The van der Waals surface area contributed by atoms with Crippen LogP contribution in [0.3, 0.4) is 0 Å². The van der Waals surface area contributed by atoms with Crippen LogP contribution in [0.15, 0.2) is 63.6 Å². The van der Waals surface area contributed by atoms with Gasteiger partial charge >= 0.3 is 0 Å². The van der Waals surface area contributed by atoms with Crippen LogP contribution in [-0.4, -0.2) is 21.9 Å². The molecule has 0 bridgehead atoms. The van der Waals surface area contributed by atoms with Gasteiger partial charge in [0.25, 0.3) is 0 Å². The second kappa shape index (κ2) is 6.33. The summed E-state index contributed by atoms with van der Waals surface area (Å²) >= 11 is 0. The number of aromatic nitrogens is 2. The van der Waals surface area contributed by atoms with Crippen molar-refractivity contribution in [3.8, 4) is 11.3 Å². The van der Waals surface area contributed by atoms with E-state index < -0.39 is 0 Å². The van der Waals surface area contributed by atoms with Gasteiger partial charge in [-0.15, -0.1) is 0 Å². The lowest BCUT2D eigenvalue weighted by Gasteiger charge is -2.02. The zero-order valence-electron chi connectivity index (χ0n) is 13.4. The van der Waals surface area contributed by atoms with Crippen LogP contribution < -0.4 is 0 Å². The Bertz CT molecular complexity index is 856.